The molecule has 0 radical (unpaired) electrons. The predicted octanol–water partition coefficient (Wildman–Crippen LogP) is 4.46. The fraction of sp³-hybridized carbons (Fsp3) is 0.419. The van der Waals surface area contributed by atoms with Crippen LogP contribution in [0.4, 0.5) is 17.6 Å². The highest BCUT2D eigenvalue weighted by Crippen LogP contribution is 2.46. The van der Waals surface area contributed by atoms with Crippen LogP contribution in [0.1, 0.15) is 48.3 Å². The third kappa shape index (κ3) is 6.92. The van der Waals surface area contributed by atoms with Gasteiger partial charge in [-0.1, -0.05) is 0 Å². The average Bonchev–Trinajstić information content (AvgIpc) is 3.82. The Morgan fingerprint density at radius 2 is 1.79 bits per heavy atom. The first kappa shape index (κ1) is 32.2. The molecule has 43 heavy (non-hydrogen) atoms. The Morgan fingerprint density at radius 3 is 2.35 bits per heavy atom. The van der Waals surface area contributed by atoms with Crippen LogP contribution in [0.5, 0.6) is 11.5 Å². The van der Waals surface area contributed by atoms with Gasteiger partial charge in [0, 0.05) is 23.2 Å². The van der Waals surface area contributed by atoms with Crippen molar-refractivity contribution in [2.24, 2.45) is 11.7 Å². The number of nitrogens with zero attached hydrogens (tertiary/aromatic N) is 1. The molecule has 3 atom stereocenters. The molecule has 12 heteroatoms. The highest BCUT2D eigenvalue weighted by Gasteiger charge is 2.57. The van der Waals surface area contributed by atoms with Crippen molar-refractivity contribution in [3.05, 3.63) is 77.2 Å². The maximum atomic E-state index is 14.9. The molecule has 1 fully saturated rings. The number of aliphatic hydroxyl groups is 2. The number of nitrogens with one attached hydrogen (secondary N) is 1. The standard InChI is InChI=1S/C31H35F4N3O5/c1-18(40)15-43-25-11-6-20(12-26(25)42-3)28(41)37-16-30(17-39,31(33,34)35)27-14-22(29(2,36)21-7-8-21)13-24(38-27)19-4-9-23(32)10-5-19/h4-6,9-14,18,21,39-40H,7-8,15-17,36H2,1-3H3,(H,37,41)/t18-,29?,30?/m1/s1. The van der Waals surface area contributed by atoms with E-state index in [4.69, 9.17) is 15.2 Å². The molecule has 4 rings (SSSR count). The van der Waals surface area contributed by atoms with Crippen molar-refractivity contribution in [1.82, 2.24) is 10.3 Å². The lowest BCUT2D eigenvalue weighted by atomic mass is 9.79. The van der Waals surface area contributed by atoms with Gasteiger partial charge in [0.2, 0.25) is 0 Å². The first-order valence-electron chi connectivity index (χ1n) is 13.7. The molecule has 0 aliphatic heterocycles. The molecule has 1 aromatic heterocycles. The van der Waals surface area contributed by atoms with Crippen LogP contribution < -0.4 is 20.5 Å². The number of aromatic nitrogens is 1. The number of hydrogen-bond donors (Lipinski definition) is 4. The van der Waals surface area contributed by atoms with Crippen LogP contribution in [0.2, 0.25) is 0 Å². The van der Waals surface area contributed by atoms with E-state index >= 15 is 0 Å². The quantitative estimate of drug-likeness (QED) is 0.225. The third-order valence-corrected chi connectivity index (χ3v) is 7.77. The molecule has 5 N–H and O–H groups in total. The first-order chi connectivity index (χ1) is 20.2. The summed E-state index contributed by atoms with van der Waals surface area (Å²) >= 11 is 0. The summed E-state index contributed by atoms with van der Waals surface area (Å²) < 4.78 is 69.1. The lowest BCUT2D eigenvalue weighted by Gasteiger charge is -2.35. The number of benzene rings is 2. The molecule has 2 unspecified atom stereocenters. The van der Waals surface area contributed by atoms with E-state index in [9.17, 15) is 32.6 Å². The summed E-state index contributed by atoms with van der Waals surface area (Å²) in [7, 11) is 1.33. The normalized spacial score (nSPS) is 17.0. The van der Waals surface area contributed by atoms with Crippen molar-refractivity contribution in [3.8, 4) is 22.8 Å². The van der Waals surface area contributed by atoms with E-state index in [2.05, 4.69) is 10.3 Å². The van der Waals surface area contributed by atoms with E-state index in [0.29, 0.717) is 11.1 Å². The second kappa shape index (κ2) is 12.5. The smallest absolute Gasteiger partial charge is 0.403 e. The second-order valence-electron chi connectivity index (χ2n) is 11.1. The second-order valence-corrected chi connectivity index (χ2v) is 11.1. The van der Waals surface area contributed by atoms with Crippen molar-refractivity contribution in [2.45, 2.75) is 49.9 Å². The zero-order valence-electron chi connectivity index (χ0n) is 24.0. The van der Waals surface area contributed by atoms with Gasteiger partial charge in [-0.05, 0) is 92.8 Å². The third-order valence-electron chi connectivity index (χ3n) is 7.77. The summed E-state index contributed by atoms with van der Waals surface area (Å²) in [4.78, 5) is 17.4. The number of rotatable bonds is 12. The van der Waals surface area contributed by atoms with Crippen molar-refractivity contribution in [2.75, 3.05) is 26.9 Å². The predicted molar refractivity (Wildman–Crippen MR) is 151 cm³/mol. The monoisotopic (exact) mass is 605 g/mol. The van der Waals surface area contributed by atoms with Gasteiger partial charge in [0.25, 0.3) is 5.91 Å². The minimum Gasteiger partial charge on any atom is -0.493 e. The minimum absolute atomic E-state index is 0.0211. The Labute approximate surface area is 246 Å². The number of halogens is 4. The van der Waals surface area contributed by atoms with Gasteiger partial charge in [-0.25, -0.2) is 4.39 Å². The fourth-order valence-electron chi connectivity index (χ4n) is 4.81. The Bertz CT molecular complexity index is 1440. The Hall–Kier alpha value is -3.74. The number of pyridine rings is 1. The molecule has 1 saturated carbocycles. The Morgan fingerprint density at radius 1 is 1.12 bits per heavy atom. The van der Waals surface area contributed by atoms with E-state index in [1.165, 1.54) is 62.6 Å². The highest BCUT2D eigenvalue weighted by atomic mass is 19.4. The molecule has 1 aliphatic carbocycles. The Balaban J connectivity index is 1.73. The molecule has 1 heterocycles. The number of carbonyl (C=O) groups excluding carboxylic acids is 1. The number of ether oxygens (including phenoxy) is 2. The van der Waals surface area contributed by atoms with E-state index in [1.54, 1.807) is 13.0 Å². The molecular formula is C31H35F4N3O5. The summed E-state index contributed by atoms with van der Waals surface area (Å²) in [5.41, 5.74) is 2.93. The number of nitrogens with two attached hydrogens (primary N) is 1. The Kier molecular flexibility index (Phi) is 9.33. The lowest BCUT2D eigenvalue weighted by molar-refractivity contribution is -0.200. The summed E-state index contributed by atoms with van der Waals surface area (Å²) in [6.07, 6.45) is -4.20. The largest absolute Gasteiger partial charge is 0.493 e. The van der Waals surface area contributed by atoms with Crippen LogP contribution in [0.15, 0.2) is 54.6 Å². The van der Waals surface area contributed by atoms with Crippen molar-refractivity contribution in [1.29, 1.82) is 0 Å². The van der Waals surface area contributed by atoms with Crippen molar-refractivity contribution in [3.63, 3.8) is 0 Å². The lowest BCUT2D eigenvalue weighted by Crippen LogP contribution is -2.54. The molecule has 2 aromatic carbocycles. The minimum atomic E-state index is -5.05. The van der Waals surface area contributed by atoms with Crippen LogP contribution in [-0.4, -0.2) is 60.3 Å². The van der Waals surface area contributed by atoms with Crippen LogP contribution in [0, 0.1) is 11.7 Å². The molecule has 3 aromatic rings. The maximum Gasteiger partial charge on any atom is 0.403 e. The molecular weight excluding hydrogens is 570 g/mol. The molecule has 0 spiro atoms. The van der Waals surface area contributed by atoms with Crippen LogP contribution in [-0.2, 0) is 11.0 Å². The van der Waals surface area contributed by atoms with Crippen LogP contribution in [0.3, 0.4) is 0 Å². The van der Waals surface area contributed by atoms with E-state index in [-0.39, 0.29) is 35.3 Å². The van der Waals surface area contributed by atoms with E-state index in [1.807, 2.05) is 0 Å². The molecule has 1 aliphatic rings. The summed E-state index contributed by atoms with van der Waals surface area (Å²) in [5, 5.41) is 22.1. The summed E-state index contributed by atoms with van der Waals surface area (Å²) in [5.74, 6) is -0.976. The van der Waals surface area contributed by atoms with Gasteiger partial charge in [0.05, 0.1) is 31.2 Å². The topological polar surface area (TPSA) is 127 Å². The van der Waals surface area contributed by atoms with E-state index in [0.717, 1.165) is 12.8 Å². The molecule has 1 amide bonds. The number of hydrogen-bond acceptors (Lipinski definition) is 7. The molecule has 8 nitrogen and oxygen atoms in total. The molecule has 0 saturated heterocycles. The number of amides is 1. The van der Waals surface area contributed by atoms with Gasteiger partial charge in [-0.15, -0.1) is 0 Å². The van der Waals surface area contributed by atoms with Gasteiger partial charge in [0.15, 0.2) is 11.5 Å². The average molecular weight is 606 g/mol. The van der Waals surface area contributed by atoms with Gasteiger partial charge in [-0.2, -0.15) is 13.2 Å². The molecule has 232 valence electrons. The van der Waals surface area contributed by atoms with Gasteiger partial charge >= 0.3 is 6.18 Å². The van der Waals surface area contributed by atoms with Gasteiger partial charge < -0.3 is 30.7 Å². The number of carbonyl (C=O) groups is 1. The number of methoxy groups -OCH3 is 1. The summed E-state index contributed by atoms with van der Waals surface area (Å²) in [6.45, 7) is 0.751. The molecule has 0 bridgehead atoms. The summed E-state index contributed by atoms with van der Waals surface area (Å²) in [6, 6.07) is 12.0. The number of aliphatic hydroxyl groups excluding tert-OH is 2. The highest BCUT2D eigenvalue weighted by molar-refractivity contribution is 5.95. The zero-order valence-corrected chi connectivity index (χ0v) is 24.0. The van der Waals surface area contributed by atoms with E-state index < -0.39 is 53.8 Å². The zero-order chi connectivity index (χ0) is 31.6. The van der Waals surface area contributed by atoms with Gasteiger partial charge in [-0.3, -0.25) is 9.78 Å². The van der Waals surface area contributed by atoms with Crippen LogP contribution in [0.25, 0.3) is 11.3 Å². The maximum absolute atomic E-state index is 14.9. The fourth-order valence-corrected chi connectivity index (χ4v) is 4.81. The van der Waals surface area contributed by atoms with Crippen molar-refractivity contribution < 1.29 is 42.0 Å². The first-order valence-corrected chi connectivity index (χ1v) is 13.7. The van der Waals surface area contributed by atoms with Crippen LogP contribution >= 0.6 is 0 Å². The van der Waals surface area contributed by atoms with Crippen molar-refractivity contribution >= 4 is 5.91 Å². The SMILES string of the molecule is COc1cc(C(=O)NCC(CO)(c2cc(C(C)(N)C3CC3)cc(-c3ccc(F)cc3)n2)C(F)(F)F)ccc1OC[C@@H](C)O. The van der Waals surface area contributed by atoms with Gasteiger partial charge in [0.1, 0.15) is 17.8 Å². The number of alkyl halides is 3.